The second-order valence-corrected chi connectivity index (χ2v) is 10.5. The molecule has 0 aliphatic carbocycles. The average molecular weight is 474 g/mol. The van der Waals surface area contributed by atoms with Crippen LogP contribution in [0.25, 0.3) is 10.9 Å². The van der Waals surface area contributed by atoms with Gasteiger partial charge in [0.15, 0.2) is 0 Å². The van der Waals surface area contributed by atoms with Crippen molar-refractivity contribution in [3.63, 3.8) is 0 Å². The van der Waals surface area contributed by atoms with Crippen molar-refractivity contribution in [2.75, 3.05) is 0 Å². The molecule has 2 N–H and O–H groups in total. The topological polar surface area (TPSA) is 65.2 Å². The number of fused-ring (bicyclic) bond motifs is 2. The fourth-order valence-corrected chi connectivity index (χ4v) is 5.51. The van der Waals surface area contributed by atoms with Crippen molar-refractivity contribution in [1.29, 1.82) is 0 Å². The molecule has 0 bridgehead atoms. The third-order valence-electron chi connectivity index (χ3n) is 7.18. The van der Waals surface area contributed by atoms with E-state index in [4.69, 9.17) is 0 Å². The number of carbonyl (C=O) groups excluding carboxylic acids is 2. The number of nitrogens with one attached hydrogen (secondary N) is 2. The number of nitrogens with zero attached hydrogens (tertiary/aromatic N) is 1. The second kappa shape index (κ2) is 10.7. The maximum Gasteiger partial charge on any atom is 0.255 e. The molecule has 2 aromatic carbocycles. The molecule has 2 heterocycles. The van der Waals surface area contributed by atoms with E-state index in [1.165, 1.54) is 0 Å². The van der Waals surface area contributed by atoms with Crippen molar-refractivity contribution in [3.05, 3.63) is 70.9 Å². The van der Waals surface area contributed by atoms with Crippen LogP contribution in [0.2, 0.25) is 0 Å². The number of aromatic amines is 1. The highest BCUT2D eigenvalue weighted by molar-refractivity contribution is 6.03. The number of hydrogen-bond donors (Lipinski definition) is 2. The molecule has 2 amide bonds. The molecule has 1 aliphatic heterocycles. The Balaban J connectivity index is 1.77. The zero-order chi connectivity index (χ0) is 25.1. The largest absolute Gasteiger partial charge is 0.358 e. The van der Waals surface area contributed by atoms with Crippen molar-refractivity contribution in [1.82, 2.24) is 15.2 Å². The van der Waals surface area contributed by atoms with Crippen LogP contribution in [0.3, 0.4) is 0 Å². The van der Waals surface area contributed by atoms with E-state index in [0.29, 0.717) is 12.0 Å². The fourth-order valence-electron chi connectivity index (χ4n) is 5.51. The number of hydrogen-bond acceptors (Lipinski definition) is 2. The summed E-state index contributed by atoms with van der Waals surface area (Å²) < 4.78 is 0. The number of unbranched alkanes of at least 4 members (excludes halogenated alkanes) is 2. The summed E-state index contributed by atoms with van der Waals surface area (Å²) in [7, 11) is 0. The highest BCUT2D eigenvalue weighted by Crippen LogP contribution is 2.44. The van der Waals surface area contributed by atoms with Gasteiger partial charge in [-0.05, 0) is 50.3 Å². The van der Waals surface area contributed by atoms with Gasteiger partial charge in [0.25, 0.3) is 5.91 Å². The Kier molecular flexibility index (Phi) is 7.63. The molecule has 0 spiro atoms. The van der Waals surface area contributed by atoms with Gasteiger partial charge in [-0.1, -0.05) is 76.4 Å². The predicted molar refractivity (Wildman–Crippen MR) is 142 cm³/mol. The van der Waals surface area contributed by atoms with Crippen molar-refractivity contribution in [3.8, 4) is 0 Å². The van der Waals surface area contributed by atoms with Gasteiger partial charge >= 0.3 is 0 Å². The van der Waals surface area contributed by atoms with Crippen LogP contribution >= 0.6 is 0 Å². The summed E-state index contributed by atoms with van der Waals surface area (Å²) in [5.41, 5.74) is 4.83. The lowest BCUT2D eigenvalue weighted by Crippen LogP contribution is -2.51. The van der Waals surface area contributed by atoms with Gasteiger partial charge in [0, 0.05) is 33.8 Å². The molecule has 5 nitrogen and oxygen atoms in total. The molecular formula is C30H39N3O2. The number of amides is 2. The number of aryl methyl sites for hydroxylation is 1. The van der Waals surface area contributed by atoms with E-state index < -0.39 is 6.04 Å². The van der Waals surface area contributed by atoms with Crippen LogP contribution in [0.15, 0.2) is 48.5 Å². The standard InChI is InChI=1S/C30H39N3O2/c1-6-7-8-13-20(4)31-29(34)26(18-19(2)3)33-28(22-14-9-10-15-23(22)30(33)35)27-21(5)32-25-17-12-11-16-24(25)27/h9-12,14-17,19-20,26,28,32H,6-8,13,18H2,1-5H3,(H,31,34). The average Bonchev–Trinajstić information content (AvgIpc) is 3.30. The minimum Gasteiger partial charge on any atom is -0.358 e. The van der Waals surface area contributed by atoms with Gasteiger partial charge in [0.2, 0.25) is 5.91 Å². The monoisotopic (exact) mass is 473 g/mol. The van der Waals surface area contributed by atoms with Crippen LogP contribution in [0.1, 0.15) is 93.0 Å². The lowest BCUT2D eigenvalue weighted by Gasteiger charge is -2.35. The Morgan fingerprint density at radius 1 is 1.06 bits per heavy atom. The first-order chi connectivity index (χ1) is 16.8. The number of H-pyrrole nitrogens is 1. The summed E-state index contributed by atoms with van der Waals surface area (Å²) in [6.07, 6.45) is 4.98. The quantitative estimate of drug-likeness (QED) is 0.329. The van der Waals surface area contributed by atoms with Crippen LogP contribution in [0, 0.1) is 12.8 Å². The molecule has 0 saturated heterocycles. The number of benzene rings is 2. The lowest BCUT2D eigenvalue weighted by molar-refractivity contribution is -0.127. The minimum atomic E-state index is -0.540. The SMILES string of the molecule is CCCCCC(C)NC(=O)C(CC(C)C)N1C(=O)c2ccccc2C1c1c(C)[nH]c2ccccc12. The summed E-state index contributed by atoms with van der Waals surface area (Å²) in [6, 6.07) is 15.3. The first-order valence-corrected chi connectivity index (χ1v) is 13.1. The van der Waals surface area contributed by atoms with Crippen molar-refractivity contribution >= 4 is 22.7 Å². The number of aromatic nitrogens is 1. The highest BCUT2D eigenvalue weighted by Gasteiger charge is 2.45. The van der Waals surface area contributed by atoms with Crippen molar-refractivity contribution < 1.29 is 9.59 Å². The van der Waals surface area contributed by atoms with Gasteiger partial charge in [0.05, 0.1) is 6.04 Å². The van der Waals surface area contributed by atoms with Gasteiger partial charge in [-0.3, -0.25) is 9.59 Å². The Hall–Kier alpha value is -3.08. The van der Waals surface area contributed by atoms with E-state index in [1.54, 1.807) is 0 Å². The molecule has 3 unspecified atom stereocenters. The maximum absolute atomic E-state index is 13.9. The third kappa shape index (κ3) is 5.00. The molecular weight excluding hydrogens is 434 g/mol. The molecule has 5 heteroatoms. The predicted octanol–water partition coefficient (Wildman–Crippen LogP) is 6.52. The first-order valence-electron chi connectivity index (χ1n) is 13.1. The summed E-state index contributed by atoms with van der Waals surface area (Å²) in [6.45, 7) is 10.6. The van der Waals surface area contributed by atoms with Gasteiger partial charge in [0.1, 0.15) is 6.04 Å². The minimum absolute atomic E-state index is 0.0497. The lowest BCUT2D eigenvalue weighted by atomic mass is 9.93. The number of para-hydroxylation sites is 1. The molecule has 1 aliphatic rings. The zero-order valence-electron chi connectivity index (χ0n) is 21.7. The summed E-state index contributed by atoms with van der Waals surface area (Å²) in [4.78, 5) is 33.0. The number of carbonyl (C=O) groups is 2. The van der Waals surface area contributed by atoms with Gasteiger partial charge in [-0.25, -0.2) is 0 Å². The Morgan fingerprint density at radius 3 is 2.51 bits per heavy atom. The molecule has 3 aromatic rings. The summed E-state index contributed by atoms with van der Waals surface area (Å²) >= 11 is 0. The fraction of sp³-hybridized carbons (Fsp3) is 0.467. The molecule has 35 heavy (non-hydrogen) atoms. The van der Waals surface area contributed by atoms with E-state index in [1.807, 2.05) is 41.3 Å². The van der Waals surface area contributed by atoms with Crippen LogP contribution < -0.4 is 5.32 Å². The molecule has 4 rings (SSSR count). The summed E-state index contributed by atoms with van der Waals surface area (Å²) in [5.74, 6) is 0.156. The van der Waals surface area contributed by atoms with Crippen LogP contribution in [-0.4, -0.2) is 33.8 Å². The van der Waals surface area contributed by atoms with E-state index in [9.17, 15) is 9.59 Å². The van der Waals surface area contributed by atoms with Crippen molar-refractivity contribution in [2.45, 2.75) is 84.8 Å². The van der Waals surface area contributed by atoms with Crippen LogP contribution in [0.5, 0.6) is 0 Å². The molecule has 0 fully saturated rings. The van der Waals surface area contributed by atoms with Crippen LogP contribution in [-0.2, 0) is 4.79 Å². The third-order valence-corrected chi connectivity index (χ3v) is 7.18. The van der Waals surface area contributed by atoms with Gasteiger partial charge in [-0.2, -0.15) is 0 Å². The smallest absolute Gasteiger partial charge is 0.255 e. The molecule has 3 atom stereocenters. The van der Waals surface area contributed by atoms with Crippen LogP contribution in [0.4, 0.5) is 0 Å². The molecule has 1 aromatic heterocycles. The normalized spacial score (nSPS) is 17.1. The van der Waals surface area contributed by atoms with E-state index in [0.717, 1.165) is 53.4 Å². The molecule has 0 saturated carbocycles. The van der Waals surface area contributed by atoms with Gasteiger partial charge in [-0.15, -0.1) is 0 Å². The molecule has 186 valence electrons. The van der Waals surface area contributed by atoms with Crippen molar-refractivity contribution in [2.24, 2.45) is 5.92 Å². The second-order valence-electron chi connectivity index (χ2n) is 10.5. The maximum atomic E-state index is 13.9. The van der Waals surface area contributed by atoms with E-state index in [2.05, 4.69) is 57.1 Å². The number of rotatable bonds is 10. The van der Waals surface area contributed by atoms with Gasteiger partial charge < -0.3 is 15.2 Å². The Morgan fingerprint density at radius 2 is 1.77 bits per heavy atom. The molecule has 0 radical (unpaired) electrons. The zero-order valence-corrected chi connectivity index (χ0v) is 21.7. The van der Waals surface area contributed by atoms with E-state index >= 15 is 0 Å². The Labute approximate surface area is 209 Å². The first kappa shape index (κ1) is 25.0. The Bertz CT molecular complexity index is 1200. The highest BCUT2D eigenvalue weighted by atomic mass is 16.2. The van der Waals surface area contributed by atoms with E-state index in [-0.39, 0.29) is 29.8 Å². The summed E-state index contributed by atoms with van der Waals surface area (Å²) in [5, 5.41) is 4.34.